The summed E-state index contributed by atoms with van der Waals surface area (Å²) in [6.07, 6.45) is 0. The molecule has 16 heavy (non-hydrogen) atoms. The molecule has 0 saturated carbocycles. The molecule has 0 radical (unpaired) electrons. The van der Waals surface area contributed by atoms with E-state index in [-0.39, 0.29) is 6.61 Å². The monoisotopic (exact) mass is 220 g/mol. The molecule has 5 heteroatoms. The Labute approximate surface area is 92.6 Å². The Balaban J connectivity index is 2.02. The first kappa shape index (κ1) is 10.6. The summed E-state index contributed by atoms with van der Waals surface area (Å²) in [6, 6.07) is 7.26. The van der Waals surface area contributed by atoms with Gasteiger partial charge in [0, 0.05) is 0 Å². The Hall–Kier alpha value is -1.88. The largest absolute Gasteiger partial charge is 0.487 e. The molecule has 1 heterocycles. The van der Waals surface area contributed by atoms with Gasteiger partial charge in [-0.25, -0.2) is 4.63 Å². The topological polar surface area (TPSA) is 68.4 Å². The van der Waals surface area contributed by atoms with Gasteiger partial charge in [0.15, 0.2) is 0 Å². The fourth-order valence-corrected chi connectivity index (χ4v) is 1.27. The van der Waals surface area contributed by atoms with Crippen molar-refractivity contribution >= 4 is 0 Å². The average molecular weight is 220 g/mol. The summed E-state index contributed by atoms with van der Waals surface area (Å²) >= 11 is 0. The molecule has 0 spiro atoms. The molecule has 0 aliphatic rings. The van der Waals surface area contributed by atoms with Crippen molar-refractivity contribution < 1.29 is 14.5 Å². The molecule has 1 N–H and O–H groups in total. The van der Waals surface area contributed by atoms with Crippen LogP contribution >= 0.6 is 0 Å². The number of aliphatic hydroxyl groups is 1. The summed E-state index contributed by atoms with van der Waals surface area (Å²) in [7, 11) is 0. The van der Waals surface area contributed by atoms with Crippen molar-refractivity contribution in [1.82, 2.24) is 10.3 Å². The Kier molecular flexibility index (Phi) is 3.16. The van der Waals surface area contributed by atoms with Crippen LogP contribution in [0.4, 0.5) is 0 Å². The lowest BCUT2D eigenvalue weighted by atomic mass is 10.2. The van der Waals surface area contributed by atoms with Crippen molar-refractivity contribution in [3.8, 4) is 5.75 Å². The second kappa shape index (κ2) is 4.76. The number of nitrogens with zero attached hydrogens (tertiary/aromatic N) is 2. The molecule has 84 valence electrons. The summed E-state index contributed by atoms with van der Waals surface area (Å²) in [4.78, 5) is 0. The Morgan fingerprint density at radius 3 is 2.94 bits per heavy atom. The lowest BCUT2D eigenvalue weighted by Gasteiger charge is -2.05. The highest BCUT2D eigenvalue weighted by molar-refractivity contribution is 5.28. The van der Waals surface area contributed by atoms with E-state index in [1.54, 1.807) is 13.0 Å². The highest BCUT2D eigenvalue weighted by Gasteiger charge is 2.05. The predicted molar refractivity (Wildman–Crippen MR) is 55.7 cm³/mol. The zero-order valence-corrected chi connectivity index (χ0v) is 8.88. The number of ether oxygens (including phenoxy) is 1. The second-order valence-electron chi connectivity index (χ2n) is 3.39. The zero-order chi connectivity index (χ0) is 11.4. The molecule has 0 aliphatic carbocycles. The van der Waals surface area contributed by atoms with Crippen LogP contribution in [-0.2, 0) is 13.2 Å². The fourth-order valence-electron chi connectivity index (χ4n) is 1.27. The van der Waals surface area contributed by atoms with E-state index in [1.165, 1.54) is 0 Å². The van der Waals surface area contributed by atoms with Crippen molar-refractivity contribution in [2.45, 2.75) is 20.1 Å². The molecule has 1 aromatic heterocycles. The Morgan fingerprint density at radius 1 is 1.38 bits per heavy atom. The van der Waals surface area contributed by atoms with Crippen LogP contribution in [0.2, 0.25) is 0 Å². The maximum Gasteiger partial charge on any atom is 0.145 e. The normalized spacial score (nSPS) is 10.4. The van der Waals surface area contributed by atoms with Crippen molar-refractivity contribution in [2.75, 3.05) is 0 Å². The maximum absolute atomic E-state index is 8.97. The van der Waals surface area contributed by atoms with Crippen LogP contribution in [0.5, 0.6) is 5.75 Å². The van der Waals surface area contributed by atoms with Gasteiger partial charge < -0.3 is 9.84 Å². The summed E-state index contributed by atoms with van der Waals surface area (Å²) in [5.41, 5.74) is 2.21. The van der Waals surface area contributed by atoms with Crippen LogP contribution in [0.3, 0.4) is 0 Å². The van der Waals surface area contributed by atoms with Crippen molar-refractivity contribution in [2.24, 2.45) is 0 Å². The van der Waals surface area contributed by atoms with E-state index in [9.17, 15) is 0 Å². The third kappa shape index (κ3) is 2.38. The third-order valence-corrected chi connectivity index (χ3v) is 2.20. The maximum atomic E-state index is 8.97. The summed E-state index contributed by atoms with van der Waals surface area (Å²) < 4.78 is 10.1. The van der Waals surface area contributed by atoms with Gasteiger partial charge in [-0.15, -0.1) is 0 Å². The smallest absolute Gasteiger partial charge is 0.145 e. The van der Waals surface area contributed by atoms with Gasteiger partial charge in [-0.05, 0) is 24.6 Å². The minimum atomic E-state index is 0.00173. The van der Waals surface area contributed by atoms with E-state index in [0.29, 0.717) is 18.1 Å². The first-order valence-electron chi connectivity index (χ1n) is 4.90. The number of benzene rings is 1. The molecule has 1 aromatic carbocycles. The van der Waals surface area contributed by atoms with Crippen molar-refractivity contribution in [3.63, 3.8) is 0 Å². The highest BCUT2D eigenvalue weighted by atomic mass is 16.6. The van der Waals surface area contributed by atoms with Gasteiger partial charge in [0.2, 0.25) is 0 Å². The number of rotatable bonds is 4. The molecule has 0 aliphatic heterocycles. The minimum absolute atomic E-state index is 0.00173. The number of aryl methyl sites for hydroxylation is 1. The zero-order valence-electron chi connectivity index (χ0n) is 8.88. The summed E-state index contributed by atoms with van der Waals surface area (Å²) in [6.45, 7) is 2.12. The first-order chi connectivity index (χ1) is 7.79. The highest BCUT2D eigenvalue weighted by Crippen LogP contribution is 2.15. The molecule has 5 nitrogen and oxygen atoms in total. The lowest BCUT2D eigenvalue weighted by Crippen LogP contribution is -1.98. The quantitative estimate of drug-likeness (QED) is 0.844. The van der Waals surface area contributed by atoms with E-state index >= 15 is 0 Å². The molecule has 0 bridgehead atoms. The van der Waals surface area contributed by atoms with E-state index < -0.39 is 0 Å². The summed E-state index contributed by atoms with van der Waals surface area (Å²) in [5.74, 6) is 0.689. The number of aromatic nitrogens is 2. The van der Waals surface area contributed by atoms with Gasteiger partial charge in [0.25, 0.3) is 0 Å². The van der Waals surface area contributed by atoms with Gasteiger partial charge in [0.1, 0.15) is 23.7 Å². The molecule has 0 unspecified atom stereocenters. The fraction of sp³-hybridized carbons (Fsp3) is 0.273. The van der Waals surface area contributed by atoms with E-state index in [0.717, 1.165) is 11.3 Å². The van der Waals surface area contributed by atoms with Crippen LogP contribution < -0.4 is 4.74 Å². The van der Waals surface area contributed by atoms with Crippen LogP contribution in [0.15, 0.2) is 28.9 Å². The molecular weight excluding hydrogens is 208 g/mol. The molecule has 2 aromatic rings. The van der Waals surface area contributed by atoms with Crippen LogP contribution in [0.1, 0.15) is 17.0 Å². The molecule has 0 atom stereocenters. The van der Waals surface area contributed by atoms with Gasteiger partial charge in [-0.1, -0.05) is 22.4 Å². The minimum Gasteiger partial charge on any atom is -0.487 e. The predicted octanol–water partition coefficient (Wildman–Crippen LogP) is 1.45. The number of aliphatic hydroxyl groups excluding tert-OH is 1. The lowest BCUT2D eigenvalue weighted by molar-refractivity contribution is 0.266. The number of hydrogen-bond acceptors (Lipinski definition) is 5. The van der Waals surface area contributed by atoms with Gasteiger partial charge in [0.05, 0.1) is 6.61 Å². The van der Waals surface area contributed by atoms with Crippen LogP contribution in [0.25, 0.3) is 0 Å². The van der Waals surface area contributed by atoms with E-state index in [4.69, 9.17) is 9.84 Å². The first-order valence-corrected chi connectivity index (χ1v) is 4.90. The van der Waals surface area contributed by atoms with E-state index in [2.05, 4.69) is 14.9 Å². The molecular formula is C11H12N2O3. The molecule has 0 amide bonds. The SMILES string of the molecule is Cc1nonc1COc1cccc(CO)c1. The Bertz CT molecular complexity index is 468. The van der Waals surface area contributed by atoms with Crippen LogP contribution in [0, 0.1) is 6.92 Å². The van der Waals surface area contributed by atoms with Crippen molar-refractivity contribution in [1.29, 1.82) is 0 Å². The Morgan fingerprint density at radius 2 is 2.25 bits per heavy atom. The third-order valence-electron chi connectivity index (χ3n) is 2.20. The number of hydrogen-bond donors (Lipinski definition) is 1. The molecule has 2 rings (SSSR count). The van der Waals surface area contributed by atoms with E-state index in [1.807, 2.05) is 18.2 Å². The second-order valence-corrected chi connectivity index (χ2v) is 3.39. The molecule has 0 saturated heterocycles. The van der Waals surface area contributed by atoms with Gasteiger partial charge >= 0.3 is 0 Å². The van der Waals surface area contributed by atoms with Gasteiger partial charge in [-0.2, -0.15) is 0 Å². The molecule has 0 fully saturated rings. The summed E-state index contributed by atoms with van der Waals surface area (Å²) in [5, 5.41) is 16.3. The van der Waals surface area contributed by atoms with Gasteiger partial charge in [-0.3, -0.25) is 0 Å². The average Bonchev–Trinajstić information content (AvgIpc) is 2.72. The van der Waals surface area contributed by atoms with Crippen molar-refractivity contribution in [3.05, 3.63) is 41.2 Å². The van der Waals surface area contributed by atoms with Crippen LogP contribution in [-0.4, -0.2) is 15.4 Å². The standard InChI is InChI=1S/C11H12N2O3/c1-8-11(13-16-12-8)7-15-10-4-2-3-9(5-10)6-14/h2-5,14H,6-7H2,1H3.